The molecule has 1 rings (SSSR count). The van der Waals surface area contributed by atoms with Crippen molar-refractivity contribution in [3.63, 3.8) is 0 Å². The fraction of sp³-hybridized carbons (Fsp3) is 0.500. The van der Waals surface area contributed by atoms with Gasteiger partial charge in [0.15, 0.2) is 5.17 Å². The lowest BCUT2D eigenvalue weighted by atomic mass is 10.6. The average molecular weight is 182 g/mol. The van der Waals surface area contributed by atoms with Gasteiger partial charge in [-0.25, -0.2) is 0 Å². The van der Waals surface area contributed by atoms with Crippen molar-refractivity contribution >= 4 is 35.2 Å². The fourth-order valence-electron chi connectivity index (χ4n) is 0.550. The second-order valence-electron chi connectivity index (χ2n) is 1.65. The van der Waals surface area contributed by atoms with Gasteiger partial charge in [0, 0.05) is 7.05 Å². The maximum atomic E-state index is 10.7. The van der Waals surface area contributed by atoms with Crippen LogP contribution >= 0.6 is 24.2 Å². The highest BCUT2D eigenvalue weighted by Crippen LogP contribution is 2.15. The molecule has 0 bridgehead atoms. The van der Waals surface area contributed by atoms with Crippen molar-refractivity contribution in [2.24, 2.45) is 10.9 Å². The average Bonchev–Trinajstić information content (AvgIpc) is 2.15. The van der Waals surface area contributed by atoms with Gasteiger partial charge in [-0.3, -0.25) is 9.69 Å². The summed E-state index contributed by atoms with van der Waals surface area (Å²) in [6.07, 6.45) is 0. The standard InChI is InChI=1S/C4H7N3OS.ClH/c1-7-3(8)2-9-4(7)6-5;/h2,5H2,1H3;1H. The Kier molecular flexibility index (Phi) is 3.52. The van der Waals surface area contributed by atoms with E-state index in [1.54, 1.807) is 7.05 Å². The summed E-state index contributed by atoms with van der Waals surface area (Å²) in [6.45, 7) is 0. The molecule has 0 spiro atoms. The number of halogens is 1. The highest BCUT2D eigenvalue weighted by atomic mass is 35.5. The summed E-state index contributed by atoms with van der Waals surface area (Å²) in [4.78, 5) is 12.2. The number of hydrazone groups is 1. The predicted molar refractivity (Wildman–Crippen MR) is 44.1 cm³/mol. The van der Waals surface area contributed by atoms with Crippen molar-refractivity contribution in [1.82, 2.24) is 4.90 Å². The SMILES string of the molecule is CN1C(=O)CSC1=NN.Cl. The van der Waals surface area contributed by atoms with Crippen molar-refractivity contribution < 1.29 is 4.79 Å². The summed E-state index contributed by atoms with van der Waals surface area (Å²) < 4.78 is 0. The zero-order valence-corrected chi connectivity index (χ0v) is 7.04. The van der Waals surface area contributed by atoms with E-state index in [4.69, 9.17) is 5.84 Å². The number of nitrogens with two attached hydrogens (primary N) is 1. The van der Waals surface area contributed by atoms with Crippen molar-refractivity contribution in [1.29, 1.82) is 0 Å². The van der Waals surface area contributed by atoms with Crippen LogP contribution in [-0.4, -0.2) is 28.8 Å². The number of amides is 1. The van der Waals surface area contributed by atoms with E-state index in [1.165, 1.54) is 16.7 Å². The van der Waals surface area contributed by atoms with E-state index in [0.717, 1.165) is 0 Å². The summed E-state index contributed by atoms with van der Waals surface area (Å²) in [5, 5.41) is 4.00. The van der Waals surface area contributed by atoms with Crippen LogP contribution in [-0.2, 0) is 4.79 Å². The molecule has 0 unspecified atom stereocenters. The first-order valence-electron chi connectivity index (χ1n) is 2.43. The van der Waals surface area contributed by atoms with Crippen LogP contribution in [0.3, 0.4) is 0 Å². The number of carbonyl (C=O) groups excluding carboxylic acids is 1. The van der Waals surface area contributed by atoms with Crippen LogP contribution in [0.2, 0.25) is 0 Å². The Morgan fingerprint density at radius 3 is 2.60 bits per heavy atom. The van der Waals surface area contributed by atoms with Crippen LogP contribution in [0.4, 0.5) is 0 Å². The molecule has 4 nitrogen and oxygen atoms in total. The van der Waals surface area contributed by atoms with Crippen LogP contribution in [0.15, 0.2) is 5.10 Å². The molecule has 1 saturated heterocycles. The molecule has 1 aliphatic heterocycles. The lowest BCUT2D eigenvalue weighted by molar-refractivity contribution is -0.123. The minimum atomic E-state index is 0. The van der Waals surface area contributed by atoms with Gasteiger partial charge in [-0.2, -0.15) is 5.10 Å². The third-order valence-electron chi connectivity index (χ3n) is 1.10. The number of thioether (sulfide) groups is 1. The summed E-state index contributed by atoms with van der Waals surface area (Å²) in [7, 11) is 1.66. The van der Waals surface area contributed by atoms with Crippen molar-refractivity contribution in [2.45, 2.75) is 0 Å². The summed E-state index contributed by atoms with van der Waals surface area (Å²) >= 11 is 1.36. The van der Waals surface area contributed by atoms with Gasteiger partial charge in [-0.1, -0.05) is 11.8 Å². The van der Waals surface area contributed by atoms with Crippen LogP contribution in [0.25, 0.3) is 0 Å². The highest BCUT2D eigenvalue weighted by molar-refractivity contribution is 8.15. The van der Waals surface area contributed by atoms with Crippen molar-refractivity contribution in [2.75, 3.05) is 12.8 Å². The summed E-state index contributed by atoms with van der Waals surface area (Å²) in [5.41, 5.74) is 0. The first kappa shape index (κ1) is 9.58. The number of carbonyl (C=O) groups is 1. The molecular weight excluding hydrogens is 174 g/mol. The molecule has 1 amide bonds. The zero-order chi connectivity index (χ0) is 6.85. The first-order valence-corrected chi connectivity index (χ1v) is 3.41. The van der Waals surface area contributed by atoms with E-state index in [2.05, 4.69) is 5.10 Å². The molecule has 0 aliphatic carbocycles. The van der Waals surface area contributed by atoms with Gasteiger partial charge in [0.05, 0.1) is 5.75 Å². The van der Waals surface area contributed by atoms with E-state index in [9.17, 15) is 4.79 Å². The minimum Gasteiger partial charge on any atom is -0.321 e. The predicted octanol–water partition coefficient (Wildman–Crippen LogP) is -0.157. The van der Waals surface area contributed by atoms with E-state index in [-0.39, 0.29) is 18.3 Å². The van der Waals surface area contributed by atoms with Crippen LogP contribution in [0, 0.1) is 0 Å². The number of amidine groups is 1. The Balaban J connectivity index is 0.000000810. The van der Waals surface area contributed by atoms with Crippen molar-refractivity contribution in [3.8, 4) is 0 Å². The molecule has 0 saturated carbocycles. The molecule has 10 heavy (non-hydrogen) atoms. The van der Waals surface area contributed by atoms with E-state index in [0.29, 0.717) is 10.9 Å². The Labute approximate surface area is 69.2 Å². The Morgan fingerprint density at radius 2 is 2.40 bits per heavy atom. The van der Waals surface area contributed by atoms with Gasteiger partial charge in [0.25, 0.3) is 0 Å². The van der Waals surface area contributed by atoms with Crippen LogP contribution in [0.1, 0.15) is 0 Å². The molecule has 58 valence electrons. The smallest absolute Gasteiger partial charge is 0.238 e. The first-order chi connectivity index (χ1) is 4.25. The van der Waals surface area contributed by atoms with Gasteiger partial charge in [-0.15, -0.1) is 12.4 Å². The maximum Gasteiger partial charge on any atom is 0.238 e. The van der Waals surface area contributed by atoms with E-state index in [1.807, 2.05) is 0 Å². The topological polar surface area (TPSA) is 58.7 Å². The number of hydrogen-bond donors (Lipinski definition) is 1. The molecule has 0 radical (unpaired) electrons. The van der Waals surface area contributed by atoms with Gasteiger partial charge in [0.2, 0.25) is 5.91 Å². The quantitative estimate of drug-likeness (QED) is 0.418. The van der Waals surface area contributed by atoms with Gasteiger partial charge >= 0.3 is 0 Å². The monoisotopic (exact) mass is 181 g/mol. The van der Waals surface area contributed by atoms with Gasteiger partial charge < -0.3 is 5.84 Å². The molecule has 0 atom stereocenters. The second kappa shape index (κ2) is 3.68. The fourth-order valence-corrected chi connectivity index (χ4v) is 1.37. The largest absolute Gasteiger partial charge is 0.321 e. The third kappa shape index (κ3) is 1.54. The molecule has 6 heteroatoms. The Bertz CT molecular complexity index is 172. The molecule has 0 aromatic rings. The van der Waals surface area contributed by atoms with Gasteiger partial charge in [-0.05, 0) is 0 Å². The lowest BCUT2D eigenvalue weighted by Gasteiger charge is -2.04. The molecule has 1 fully saturated rings. The normalized spacial score (nSPS) is 21.5. The lowest BCUT2D eigenvalue weighted by Crippen LogP contribution is -2.24. The summed E-state index contributed by atoms with van der Waals surface area (Å²) in [5.74, 6) is 5.48. The molecule has 0 aromatic heterocycles. The van der Waals surface area contributed by atoms with Crippen LogP contribution < -0.4 is 5.84 Å². The summed E-state index contributed by atoms with van der Waals surface area (Å²) in [6, 6.07) is 0. The Morgan fingerprint density at radius 1 is 1.80 bits per heavy atom. The molecular formula is C4H8ClN3OS. The third-order valence-corrected chi connectivity index (χ3v) is 2.12. The molecule has 1 heterocycles. The molecule has 1 aliphatic rings. The van der Waals surface area contributed by atoms with Crippen LogP contribution in [0.5, 0.6) is 0 Å². The maximum absolute atomic E-state index is 10.7. The minimum absolute atomic E-state index is 0. The molecule has 0 aromatic carbocycles. The number of nitrogens with zero attached hydrogens (tertiary/aromatic N) is 2. The van der Waals surface area contributed by atoms with Crippen molar-refractivity contribution in [3.05, 3.63) is 0 Å². The highest BCUT2D eigenvalue weighted by Gasteiger charge is 2.23. The zero-order valence-electron chi connectivity index (χ0n) is 5.40. The molecule has 2 N–H and O–H groups in total. The number of rotatable bonds is 0. The number of hydrogen-bond acceptors (Lipinski definition) is 4. The Hall–Kier alpha value is -0.420. The second-order valence-corrected chi connectivity index (χ2v) is 2.60. The van der Waals surface area contributed by atoms with E-state index >= 15 is 0 Å². The van der Waals surface area contributed by atoms with E-state index < -0.39 is 0 Å². The van der Waals surface area contributed by atoms with Gasteiger partial charge in [0.1, 0.15) is 0 Å².